The van der Waals surface area contributed by atoms with Gasteiger partial charge in [-0.25, -0.2) is 0 Å². The molecule has 0 spiro atoms. The van der Waals surface area contributed by atoms with Gasteiger partial charge in [-0.05, 0) is 69.4 Å². The maximum absolute atomic E-state index is 13.0. The van der Waals surface area contributed by atoms with Gasteiger partial charge in [0.1, 0.15) is 11.6 Å². The van der Waals surface area contributed by atoms with E-state index in [0.29, 0.717) is 18.5 Å². The molecule has 33 heavy (non-hydrogen) atoms. The van der Waals surface area contributed by atoms with Gasteiger partial charge in [0.05, 0.1) is 0 Å². The Balaban J connectivity index is 1.35. The van der Waals surface area contributed by atoms with Crippen molar-refractivity contribution in [2.45, 2.75) is 44.6 Å². The second-order valence-corrected chi connectivity index (χ2v) is 8.75. The number of hydrogen-bond donors (Lipinski definition) is 2. The van der Waals surface area contributed by atoms with Crippen molar-refractivity contribution < 1.29 is 14.0 Å². The van der Waals surface area contributed by atoms with Gasteiger partial charge < -0.3 is 20.0 Å². The zero-order valence-corrected chi connectivity index (χ0v) is 19.1. The fourth-order valence-corrected chi connectivity index (χ4v) is 4.39. The molecule has 1 saturated heterocycles. The molecule has 1 aliphatic heterocycles. The highest BCUT2D eigenvalue weighted by molar-refractivity contribution is 5.98. The van der Waals surface area contributed by atoms with Gasteiger partial charge in [0.15, 0.2) is 5.76 Å². The summed E-state index contributed by atoms with van der Waals surface area (Å²) in [4.78, 5) is 28.3. The first kappa shape index (κ1) is 23.1. The van der Waals surface area contributed by atoms with Crippen LogP contribution in [-0.2, 0) is 11.2 Å². The van der Waals surface area contributed by atoms with E-state index in [4.69, 9.17) is 4.42 Å². The van der Waals surface area contributed by atoms with Crippen molar-refractivity contribution in [1.29, 1.82) is 0 Å². The van der Waals surface area contributed by atoms with Crippen LogP contribution in [0.5, 0.6) is 0 Å². The molecule has 4 rings (SSSR count). The zero-order valence-electron chi connectivity index (χ0n) is 19.1. The van der Waals surface area contributed by atoms with E-state index in [-0.39, 0.29) is 17.6 Å². The molecule has 2 aromatic carbocycles. The summed E-state index contributed by atoms with van der Waals surface area (Å²) in [5, 5.41) is 6.79. The fraction of sp³-hybridized carbons (Fsp3) is 0.407. The highest BCUT2D eigenvalue weighted by Gasteiger charge is 2.23. The van der Waals surface area contributed by atoms with Gasteiger partial charge >= 0.3 is 0 Å². The summed E-state index contributed by atoms with van der Waals surface area (Å²) in [6.45, 7) is 3.73. The number of rotatable bonds is 10. The molecule has 2 heterocycles. The smallest absolute Gasteiger partial charge is 0.287 e. The predicted molar refractivity (Wildman–Crippen MR) is 130 cm³/mol. The number of benzene rings is 2. The molecule has 0 saturated carbocycles. The van der Waals surface area contributed by atoms with E-state index < -0.39 is 6.04 Å². The lowest BCUT2D eigenvalue weighted by molar-refractivity contribution is -0.123. The summed E-state index contributed by atoms with van der Waals surface area (Å²) in [6, 6.07) is 18.7. The van der Waals surface area contributed by atoms with E-state index in [1.165, 1.54) is 24.8 Å². The standard InChI is InChI=1S/C27H33N3O3/c31-26(28-16-15-21-10-3-1-4-11-21)23(13-9-19-30-17-7-2-8-18-30)29-27(32)25-20-22-12-5-6-14-24(22)33-25/h1,3-6,10-12,14,20,23H,2,7-9,13,15-19H2,(H,28,31)(H,29,32)/t23-/m0/s1. The molecule has 1 fully saturated rings. The van der Waals surface area contributed by atoms with Crippen molar-refractivity contribution in [3.8, 4) is 0 Å². The van der Waals surface area contributed by atoms with Crippen LogP contribution in [0.1, 0.15) is 48.2 Å². The van der Waals surface area contributed by atoms with Crippen LogP contribution in [0.15, 0.2) is 65.1 Å². The number of amides is 2. The van der Waals surface area contributed by atoms with Crippen LogP contribution in [-0.4, -0.2) is 48.9 Å². The van der Waals surface area contributed by atoms with Crippen LogP contribution in [0.2, 0.25) is 0 Å². The number of nitrogens with zero attached hydrogens (tertiary/aromatic N) is 1. The maximum atomic E-state index is 13.0. The highest BCUT2D eigenvalue weighted by Crippen LogP contribution is 2.19. The van der Waals surface area contributed by atoms with Gasteiger partial charge in [-0.15, -0.1) is 0 Å². The van der Waals surface area contributed by atoms with Crippen molar-refractivity contribution in [3.63, 3.8) is 0 Å². The molecule has 1 aliphatic rings. The van der Waals surface area contributed by atoms with Gasteiger partial charge in [0.25, 0.3) is 5.91 Å². The normalized spacial score (nSPS) is 15.3. The van der Waals surface area contributed by atoms with Crippen LogP contribution < -0.4 is 10.6 Å². The minimum Gasteiger partial charge on any atom is -0.451 e. The number of hydrogen-bond acceptors (Lipinski definition) is 4. The Bertz CT molecular complexity index is 1010. The quantitative estimate of drug-likeness (QED) is 0.490. The summed E-state index contributed by atoms with van der Waals surface area (Å²) in [7, 11) is 0. The Morgan fingerprint density at radius 3 is 2.52 bits per heavy atom. The number of fused-ring (bicyclic) bond motifs is 1. The van der Waals surface area contributed by atoms with E-state index in [1.807, 2.05) is 54.6 Å². The van der Waals surface area contributed by atoms with Crippen molar-refractivity contribution in [1.82, 2.24) is 15.5 Å². The molecular weight excluding hydrogens is 414 g/mol. The van der Waals surface area contributed by atoms with Crippen molar-refractivity contribution in [3.05, 3.63) is 72.0 Å². The Morgan fingerprint density at radius 2 is 1.73 bits per heavy atom. The molecule has 6 nitrogen and oxygen atoms in total. The summed E-state index contributed by atoms with van der Waals surface area (Å²) in [6.07, 6.45) is 6.00. The molecule has 1 atom stereocenters. The van der Waals surface area contributed by atoms with Gasteiger partial charge in [-0.3, -0.25) is 9.59 Å². The molecular formula is C27H33N3O3. The molecule has 0 bridgehead atoms. The largest absolute Gasteiger partial charge is 0.451 e. The minimum atomic E-state index is -0.591. The highest BCUT2D eigenvalue weighted by atomic mass is 16.3. The molecule has 6 heteroatoms. The summed E-state index contributed by atoms with van der Waals surface area (Å²) in [5.74, 6) is -0.268. The number of likely N-dealkylation sites (tertiary alicyclic amines) is 1. The Hall–Kier alpha value is -3.12. The monoisotopic (exact) mass is 447 g/mol. The average molecular weight is 448 g/mol. The van der Waals surface area contributed by atoms with E-state index in [9.17, 15) is 9.59 Å². The second-order valence-electron chi connectivity index (χ2n) is 8.75. The van der Waals surface area contributed by atoms with Gasteiger partial charge in [0.2, 0.25) is 5.91 Å². The third-order valence-electron chi connectivity index (χ3n) is 6.24. The third kappa shape index (κ3) is 6.68. The van der Waals surface area contributed by atoms with Crippen LogP contribution >= 0.6 is 0 Å². The summed E-state index contributed by atoms with van der Waals surface area (Å²) in [5.41, 5.74) is 1.84. The summed E-state index contributed by atoms with van der Waals surface area (Å²) >= 11 is 0. The van der Waals surface area contributed by atoms with E-state index >= 15 is 0 Å². The number of carbonyl (C=O) groups excluding carboxylic acids is 2. The third-order valence-corrected chi connectivity index (χ3v) is 6.24. The second kappa shape index (κ2) is 11.7. The minimum absolute atomic E-state index is 0.144. The Morgan fingerprint density at radius 1 is 0.970 bits per heavy atom. The first-order chi connectivity index (χ1) is 16.2. The topological polar surface area (TPSA) is 74.6 Å². The molecule has 2 N–H and O–H groups in total. The van der Waals surface area contributed by atoms with E-state index in [0.717, 1.165) is 37.9 Å². The molecule has 0 unspecified atom stereocenters. The van der Waals surface area contributed by atoms with Crippen molar-refractivity contribution in [2.75, 3.05) is 26.2 Å². The maximum Gasteiger partial charge on any atom is 0.287 e. The molecule has 1 aromatic heterocycles. The number of piperidine rings is 1. The van der Waals surface area contributed by atoms with Crippen LogP contribution in [0.25, 0.3) is 11.0 Å². The molecule has 2 amide bonds. The zero-order chi connectivity index (χ0) is 22.9. The molecule has 3 aromatic rings. The first-order valence-electron chi connectivity index (χ1n) is 12.0. The fourth-order valence-electron chi connectivity index (χ4n) is 4.39. The lowest BCUT2D eigenvalue weighted by Crippen LogP contribution is -2.47. The van der Waals surface area contributed by atoms with Crippen LogP contribution in [0.4, 0.5) is 0 Å². The van der Waals surface area contributed by atoms with Gasteiger partial charge in [-0.2, -0.15) is 0 Å². The SMILES string of the molecule is O=C(N[C@@H](CCCN1CCCCC1)C(=O)NCCc1ccccc1)c1cc2ccccc2o1. The lowest BCUT2D eigenvalue weighted by Gasteiger charge is -2.27. The van der Waals surface area contributed by atoms with Crippen molar-refractivity contribution in [2.24, 2.45) is 0 Å². The van der Waals surface area contributed by atoms with Crippen LogP contribution in [0.3, 0.4) is 0 Å². The lowest BCUT2D eigenvalue weighted by atomic mass is 10.1. The average Bonchev–Trinajstić information content (AvgIpc) is 3.29. The predicted octanol–water partition coefficient (Wildman–Crippen LogP) is 4.16. The number of nitrogens with one attached hydrogen (secondary N) is 2. The molecule has 174 valence electrons. The van der Waals surface area contributed by atoms with Crippen molar-refractivity contribution >= 4 is 22.8 Å². The Labute approximate surface area is 195 Å². The molecule has 0 radical (unpaired) electrons. The number of para-hydroxylation sites is 1. The van der Waals surface area contributed by atoms with E-state index in [1.54, 1.807) is 6.07 Å². The first-order valence-corrected chi connectivity index (χ1v) is 12.0. The summed E-state index contributed by atoms with van der Waals surface area (Å²) < 4.78 is 5.70. The number of furan rings is 1. The van der Waals surface area contributed by atoms with Gasteiger partial charge in [-0.1, -0.05) is 55.0 Å². The van der Waals surface area contributed by atoms with Gasteiger partial charge in [0, 0.05) is 11.9 Å². The number of carbonyl (C=O) groups is 2. The Kier molecular flexibility index (Phi) is 8.14. The van der Waals surface area contributed by atoms with E-state index in [2.05, 4.69) is 15.5 Å². The molecule has 0 aliphatic carbocycles. The van der Waals surface area contributed by atoms with Crippen LogP contribution in [0, 0.1) is 0 Å².